The molecule has 1 aromatic carbocycles. The van der Waals surface area contributed by atoms with Crippen LogP contribution in [0.15, 0.2) is 48.7 Å². The van der Waals surface area contributed by atoms with Gasteiger partial charge in [-0.15, -0.1) is 0 Å². The van der Waals surface area contributed by atoms with Crippen LogP contribution in [0.1, 0.15) is 18.1 Å². The molecule has 0 saturated heterocycles. The molecular formula is C21H25N3O5. The van der Waals surface area contributed by atoms with Crippen molar-refractivity contribution in [1.82, 2.24) is 15.6 Å². The fraction of sp³-hybridized carbons (Fsp3) is 0.333. The van der Waals surface area contributed by atoms with E-state index in [1.54, 1.807) is 18.3 Å². The molecule has 0 unspecified atom stereocenters. The summed E-state index contributed by atoms with van der Waals surface area (Å²) in [6.45, 7) is 1.34. The topological polar surface area (TPSA) is 107 Å². The van der Waals surface area contributed by atoms with Crippen LogP contribution in [-0.2, 0) is 32.0 Å². The van der Waals surface area contributed by atoms with Crippen LogP contribution in [0.2, 0.25) is 0 Å². The third-order valence-corrected chi connectivity index (χ3v) is 4.23. The highest BCUT2D eigenvalue weighted by Gasteiger charge is 2.27. The summed E-state index contributed by atoms with van der Waals surface area (Å²) in [5.74, 6) is -0.951. The second-order valence-electron chi connectivity index (χ2n) is 6.44. The lowest BCUT2D eigenvalue weighted by Crippen LogP contribution is -2.53. The highest BCUT2D eigenvalue weighted by atomic mass is 16.5. The standard InChI is InChI=1S/C21H25N3O5/c1-14(25)23-17(11-15-7-5-4-6-8-15)20(26)24-18(21(27)29-3)12-16-9-10-19(28-2)22-13-16/h4-10,13,17-18H,11-12H2,1-3H3,(H,23,25)(H,24,26)/t17-,18-/m0/s1. The zero-order valence-electron chi connectivity index (χ0n) is 16.7. The fourth-order valence-corrected chi connectivity index (χ4v) is 2.80. The first-order chi connectivity index (χ1) is 13.9. The number of amides is 2. The third kappa shape index (κ3) is 6.91. The average Bonchev–Trinajstić information content (AvgIpc) is 2.73. The van der Waals surface area contributed by atoms with Gasteiger partial charge in [0.05, 0.1) is 14.2 Å². The zero-order valence-corrected chi connectivity index (χ0v) is 16.7. The number of carbonyl (C=O) groups is 3. The summed E-state index contributed by atoms with van der Waals surface area (Å²) in [5.41, 5.74) is 1.61. The van der Waals surface area contributed by atoms with Gasteiger partial charge >= 0.3 is 5.97 Å². The monoisotopic (exact) mass is 399 g/mol. The number of pyridine rings is 1. The molecule has 0 saturated carbocycles. The second kappa shape index (κ2) is 10.8. The van der Waals surface area contributed by atoms with Gasteiger partial charge in [-0.1, -0.05) is 36.4 Å². The van der Waals surface area contributed by atoms with E-state index in [0.29, 0.717) is 12.3 Å². The van der Waals surface area contributed by atoms with Crippen molar-refractivity contribution in [2.24, 2.45) is 0 Å². The van der Waals surface area contributed by atoms with Crippen molar-refractivity contribution in [2.45, 2.75) is 31.8 Å². The molecule has 2 atom stereocenters. The van der Waals surface area contributed by atoms with E-state index in [1.165, 1.54) is 21.1 Å². The number of nitrogens with zero attached hydrogens (tertiary/aromatic N) is 1. The van der Waals surface area contributed by atoms with Crippen LogP contribution in [0.5, 0.6) is 5.88 Å². The van der Waals surface area contributed by atoms with E-state index in [1.807, 2.05) is 30.3 Å². The van der Waals surface area contributed by atoms with Crippen LogP contribution in [0.4, 0.5) is 0 Å². The Morgan fingerprint density at radius 1 is 0.931 bits per heavy atom. The van der Waals surface area contributed by atoms with Gasteiger partial charge in [-0.2, -0.15) is 0 Å². The highest BCUT2D eigenvalue weighted by molar-refractivity contribution is 5.90. The number of esters is 1. The van der Waals surface area contributed by atoms with Gasteiger partial charge in [0.15, 0.2) is 0 Å². The largest absolute Gasteiger partial charge is 0.481 e. The van der Waals surface area contributed by atoms with Crippen molar-refractivity contribution in [1.29, 1.82) is 0 Å². The van der Waals surface area contributed by atoms with Gasteiger partial charge in [-0.05, 0) is 11.1 Å². The van der Waals surface area contributed by atoms with E-state index < -0.39 is 24.0 Å². The predicted molar refractivity (Wildman–Crippen MR) is 106 cm³/mol. The molecule has 0 aliphatic heterocycles. The smallest absolute Gasteiger partial charge is 0.328 e. The molecular weight excluding hydrogens is 374 g/mol. The Kier molecular flexibility index (Phi) is 8.14. The quantitative estimate of drug-likeness (QED) is 0.610. The molecule has 8 nitrogen and oxygen atoms in total. The molecule has 0 radical (unpaired) electrons. The van der Waals surface area contributed by atoms with Gasteiger partial charge in [0.2, 0.25) is 17.7 Å². The molecule has 0 spiro atoms. The fourth-order valence-electron chi connectivity index (χ4n) is 2.80. The lowest BCUT2D eigenvalue weighted by atomic mass is 10.0. The number of carbonyl (C=O) groups excluding carboxylic acids is 3. The maximum Gasteiger partial charge on any atom is 0.328 e. The van der Waals surface area contributed by atoms with E-state index in [0.717, 1.165) is 11.1 Å². The summed E-state index contributed by atoms with van der Waals surface area (Å²) in [6.07, 6.45) is 2.05. The molecule has 2 N–H and O–H groups in total. The van der Waals surface area contributed by atoms with Gasteiger partial charge in [-0.3, -0.25) is 9.59 Å². The Hall–Kier alpha value is -3.42. The summed E-state index contributed by atoms with van der Waals surface area (Å²) in [6, 6.07) is 11.0. The predicted octanol–water partition coefficient (Wildman–Crippen LogP) is 1.04. The molecule has 8 heteroatoms. The Morgan fingerprint density at radius 3 is 2.17 bits per heavy atom. The SMILES string of the molecule is COC(=O)[C@H](Cc1ccc(OC)nc1)NC(=O)[C@H](Cc1ccccc1)NC(C)=O. The van der Waals surface area contributed by atoms with E-state index in [2.05, 4.69) is 15.6 Å². The van der Waals surface area contributed by atoms with Crippen LogP contribution in [0.25, 0.3) is 0 Å². The average molecular weight is 399 g/mol. The first kappa shape index (κ1) is 21.9. The molecule has 0 aliphatic rings. The van der Waals surface area contributed by atoms with Crippen molar-refractivity contribution in [3.05, 3.63) is 59.8 Å². The number of benzene rings is 1. The summed E-state index contributed by atoms with van der Waals surface area (Å²) in [5, 5.41) is 5.32. The van der Waals surface area contributed by atoms with Crippen molar-refractivity contribution in [3.63, 3.8) is 0 Å². The van der Waals surface area contributed by atoms with Gasteiger partial charge in [0.25, 0.3) is 0 Å². The Balaban J connectivity index is 2.13. The number of hydrogen-bond acceptors (Lipinski definition) is 6. The molecule has 0 aliphatic carbocycles. The van der Waals surface area contributed by atoms with Crippen molar-refractivity contribution < 1.29 is 23.9 Å². The normalized spacial score (nSPS) is 12.4. The van der Waals surface area contributed by atoms with Gasteiger partial charge in [0, 0.05) is 32.0 Å². The maximum atomic E-state index is 12.8. The van der Waals surface area contributed by atoms with E-state index in [-0.39, 0.29) is 12.3 Å². The number of rotatable bonds is 9. The summed E-state index contributed by atoms with van der Waals surface area (Å²) in [7, 11) is 2.76. The first-order valence-corrected chi connectivity index (χ1v) is 9.11. The molecule has 154 valence electrons. The van der Waals surface area contributed by atoms with Gasteiger partial charge < -0.3 is 20.1 Å². The number of aromatic nitrogens is 1. The highest BCUT2D eigenvalue weighted by Crippen LogP contribution is 2.10. The lowest BCUT2D eigenvalue weighted by molar-refractivity contribution is -0.145. The van der Waals surface area contributed by atoms with Crippen LogP contribution in [-0.4, -0.2) is 49.1 Å². The Bertz CT molecular complexity index is 824. The molecule has 1 aromatic heterocycles. The summed E-state index contributed by atoms with van der Waals surface area (Å²) < 4.78 is 9.84. The molecule has 2 aromatic rings. The van der Waals surface area contributed by atoms with E-state index in [4.69, 9.17) is 9.47 Å². The second-order valence-corrected chi connectivity index (χ2v) is 6.44. The van der Waals surface area contributed by atoms with E-state index in [9.17, 15) is 14.4 Å². The number of hydrogen-bond donors (Lipinski definition) is 2. The minimum absolute atomic E-state index is 0.188. The van der Waals surface area contributed by atoms with Crippen molar-refractivity contribution in [2.75, 3.05) is 14.2 Å². The molecule has 0 fully saturated rings. The third-order valence-electron chi connectivity index (χ3n) is 4.23. The number of nitrogens with one attached hydrogen (secondary N) is 2. The first-order valence-electron chi connectivity index (χ1n) is 9.11. The lowest BCUT2D eigenvalue weighted by Gasteiger charge is -2.22. The maximum absolute atomic E-state index is 12.8. The summed E-state index contributed by atoms with van der Waals surface area (Å²) >= 11 is 0. The van der Waals surface area contributed by atoms with Gasteiger partial charge in [-0.25, -0.2) is 9.78 Å². The Labute approximate surface area is 169 Å². The van der Waals surface area contributed by atoms with Crippen molar-refractivity contribution >= 4 is 17.8 Å². The molecule has 2 rings (SSSR count). The summed E-state index contributed by atoms with van der Waals surface area (Å²) in [4.78, 5) is 40.7. The molecule has 29 heavy (non-hydrogen) atoms. The molecule has 0 bridgehead atoms. The Morgan fingerprint density at radius 2 is 1.62 bits per heavy atom. The van der Waals surface area contributed by atoms with Gasteiger partial charge in [0.1, 0.15) is 12.1 Å². The van der Waals surface area contributed by atoms with Crippen molar-refractivity contribution in [3.8, 4) is 5.88 Å². The molecule has 1 heterocycles. The van der Waals surface area contributed by atoms with Crippen LogP contribution >= 0.6 is 0 Å². The minimum atomic E-state index is -0.922. The van der Waals surface area contributed by atoms with E-state index >= 15 is 0 Å². The van der Waals surface area contributed by atoms with Crippen LogP contribution < -0.4 is 15.4 Å². The number of ether oxygens (including phenoxy) is 2. The molecule has 2 amide bonds. The van der Waals surface area contributed by atoms with Crippen LogP contribution in [0.3, 0.4) is 0 Å². The van der Waals surface area contributed by atoms with Crippen LogP contribution in [0, 0.1) is 0 Å². The number of methoxy groups -OCH3 is 2. The zero-order chi connectivity index (χ0) is 21.2. The minimum Gasteiger partial charge on any atom is -0.481 e.